The van der Waals surface area contributed by atoms with Gasteiger partial charge in [-0.3, -0.25) is 14.9 Å². The molecule has 2 N–H and O–H groups in total. The molecule has 7 heteroatoms. The van der Waals surface area contributed by atoms with Gasteiger partial charge in [-0.25, -0.2) is 4.79 Å². The first-order valence-electron chi connectivity index (χ1n) is 5.97. The normalized spacial score (nSPS) is 24.2. The average Bonchev–Trinajstić information content (AvgIpc) is 2.46. The van der Waals surface area contributed by atoms with Crippen molar-refractivity contribution in [2.45, 2.75) is 5.54 Å². The molecular weight excluding hydrogens is 278 g/mol. The summed E-state index contributed by atoms with van der Waals surface area (Å²) in [5.74, 6) is -5.16. The van der Waals surface area contributed by atoms with Crippen LogP contribution in [0, 0.1) is 16.0 Å². The monoisotopic (exact) mass is 289 g/mol. The first kappa shape index (κ1) is 14.4. The van der Waals surface area contributed by atoms with Gasteiger partial charge in [0.15, 0.2) is 5.92 Å². The quantitative estimate of drug-likeness (QED) is 0.639. The fourth-order valence-electron chi connectivity index (χ4n) is 2.43. The Bertz CT molecular complexity index is 647. The van der Waals surface area contributed by atoms with Crippen molar-refractivity contribution in [3.63, 3.8) is 0 Å². The second kappa shape index (κ2) is 5.20. The molecule has 2 rings (SSSR count). The second-order valence-corrected chi connectivity index (χ2v) is 4.48. The minimum atomic E-state index is -2.75. The van der Waals surface area contributed by atoms with E-state index in [1.54, 1.807) is 18.2 Å². The first-order chi connectivity index (χ1) is 9.92. The molecule has 0 radical (unpaired) electrons. The van der Waals surface area contributed by atoms with Gasteiger partial charge >= 0.3 is 17.5 Å². The third kappa shape index (κ3) is 2.08. The molecule has 0 bridgehead atoms. The van der Waals surface area contributed by atoms with Gasteiger partial charge in [-0.2, -0.15) is 0 Å². The standard InChI is InChI=1S/C14H11NO6/c16-12(17)11-8-4-7-10(9-5-2-1-3-6-9)14(11,13(18)19)15(20)21/h1-8,11H,(H,16,17)(H,18,19). The molecule has 108 valence electrons. The van der Waals surface area contributed by atoms with E-state index in [1.807, 2.05) is 0 Å². The van der Waals surface area contributed by atoms with Crippen LogP contribution >= 0.6 is 0 Å². The highest BCUT2D eigenvalue weighted by Crippen LogP contribution is 2.40. The Hall–Kier alpha value is -2.96. The molecule has 0 saturated heterocycles. The molecule has 0 fully saturated rings. The first-order valence-corrected chi connectivity index (χ1v) is 5.97. The number of hydrogen-bond donors (Lipinski definition) is 2. The van der Waals surface area contributed by atoms with E-state index >= 15 is 0 Å². The number of allylic oxidation sites excluding steroid dienone is 2. The molecule has 7 nitrogen and oxygen atoms in total. The minimum Gasteiger partial charge on any atom is -0.481 e. The van der Waals surface area contributed by atoms with Crippen molar-refractivity contribution in [3.8, 4) is 0 Å². The molecule has 1 aliphatic carbocycles. The van der Waals surface area contributed by atoms with Crippen LogP contribution in [0.25, 0.3) is 5.57 Å². The molecule has 0 amide bonds. The second-order valence-electron chi connectivity index (χ2n) is 4.48. The number of benzene rings is 1. The van der Waals surface area contributed by atoms with E-state index in [1.165, 1.54) is 24.3 Å². The van der Waals surface area contributed by atoms with Gasteiger partial charge in [-0.05, 0) is 5.56 Å². The van der Waals surface area contributed by atoms with E-state index in [9.17, 15) is 29.9 Å². The number of nitrogens with zero attached hydrogens (tertiary/aromatic N) is 1. The number of aliphatic carboxylic acids is 2. The number of nitro groups is 1. The van der Waals surface area contributed by atoms with Gasteiger partial charge in [0.1, 0.15) is 0 Å². The van der Waals surface area contributed by atoms with Gasteiger partial charge in [0.2, 0.25) is 0 Å². The lowest BCUT2D eigenvalue weighted by Gasteiger charge is -2.29. The van der Waals surface area contributed by atoms with Crippen LogP contribution in [-0.4, -0.2) is 32.6 Å². The third-order valence-electron chi connectivity index (χ3n) is 3.39. The summed E-state index contributed by atoms with van der Waals surface area (Å²) in [5, 5.41) is 30.1. The lowest BCUT2D eigenvalue weighted by molar-refractivity contribution is -0.542. The summed E-state index contributed by atoms with van der Waals surface area (Å²) >= 11 is 0. The summed E-state index contributed by atoms with van der Waals surface area (Å²) in [7, 11) is 0. The molecule has 0 spiro atoms. The van der Waals surface area contributed by atoms with Crippen LogP contribution in [0.15, 0.2) is 48.6 Å². The van der Waals surface area contributed by atoms with E-state index in [0.29, 0.717) is 5.56 Å². The van der Waals surface area contributed by atoms with E-state index in [2.05, 4.69) is 0 Å². The zero-order valence-corrected chi connectivity index (χ0v) is 10.7. The summed E-state index contributed by atoms with van der Waals surface area (Å²) in [6.45, 7) is 0. The Balaban J connectivity index is 2.75. The van der Waals surface area contributed by atoms with Crippen LogP contribution in [0.2, 0.25) is 0 Å². The van der Waals surface area contributed by atoms with Crippen LogP contribution in [0.1, 0.15) is 5.56 Å². The van der Waals surface area contributed by atoms with Gasteiger partial charge in [-0.15, -0.1) is 0 Å². The Morgan fingerprint density at radius 2 is 1.81 bits per heavy atom. The van der Waals surface area contributed by atoms with Crippen molar-refractivity contribution >= 4 is 17.5 Å². The Morgan fingerprint density at radius 1 is 1.19 bits per heavy atom. The summed E-state index contributed by atoms with van der Waals surface area (Å²) in [6.07, 6.45) is 3.61. The average molecular weight is 289 g/mol. The van der Waals surface area contributed by atoms with E-state index in [4.69, 9.17) is 0 Å². The Labute approximate surface area is 119 Å². The van der Waals surface area contributed by atoms with Crippen molar-refractivity contribution in [2.75, 3.05) is 0 Å². The molecule has 2 unspecified atom stereocenters. The SMILES string of the molecule is O=C(O)C1C=CC=C(c2ccccc2)C1(C(=O)O)[N+](=O)[O-]. The molecule has 1 aromatic carbocycles. The lowest BCUT2D eigenvalue weighted by atomic mass is 9.72. The fraction of sp³-hybridized carbons (Fsp3) is 0.143. The lowest BCUT2D eigenvalue weighted by Crippen LogP contribution is -2.56. The van der Waals surface area contributed by atoms with Gasteiger partial charge in [-0.1, -0.05) is 48.6 Å². The third-order valence-corrected chi connectivity index (χ3v) is 3.39. The number of hydrogen-bond acceptors (Lipinski definition) is 4. The zero-order valence-electron chi connectivity index (χ0n) is 10.7. The van der Waals surface area contributed by atoms with Gasteiger partial charge in [0.05, 0.1) is 0 Å². The molecule has 21 heavy (non-hydrogen) atoms. The van der Waals surface area contributed by atoms with Crippen molar-refractivity contribution in [1.29, 1.82) is 0 Å². The zero-order chi connectivity index (χ0) is 15.6. The molecule has 0 saturated carbocycles. The van der Waals surface area contributed by atoms with Gasteiger partial charge in [0, 0.05) is 10.5 Å². The highest BCUT2D eigenvalue weighted by atomic mass is 16.6. The summed E-state index contributed by atoms with van der Waals surface area (Å²) in [4.78, 5) is 33.4. The maximum Gasteiger partial charge on any atom is 0.388 e. The van der Waals surface area contributed by atoms with E-state index in [0.717, 1.165) is 6.08 Å². The largest absolute Gasteiger partial charge is 0.481 e. The van der Waals surface area contributed by atoms with Crippen LogP contribution in [0.3, 0.4) is 0 Å². The summed E-state index contributed by atoms with van der Waals surface area (Å²) in [6, 6.07) is 7.87. The predicted octanol–water partition coefficient (Wildman–Crippen LogP) is 1.44. The van der Waals surface area contributed by atoms with Crippen molar-refractivity contribution in [1.82, 2.24) is 0 Å². The van der Waals surface area contributed by atoms with Crippen LogP contribution < -0.4 is 0 Å². The molecule has 2 atom stereocenters. The van der Waals surface area contributed by atoms with Gasteiger partial charge < -0.3 is 10.2 Å². The maximum absolute atomic E-state index is 11.6. The predicted molar refractivity (Wildman–Crippen MR) is 72.0 cm³/mol. The van der Waals surface area contributed by atoms with Gasteiger partial charge in [0.25, 0.3) is 0 Å². The molecule has 1 aromatic rings. The maximum atomic E-state index is 11.6. The van der Waals surface area contributed by atoms with Crippen LogP contribution in [-0.2, 0) is 9.59 Å². The Morgan fingerprint density at radius 3 is 2.29 bits per heavy atom. The number of carboxylic acids is 2. The fourth-order valence-corrected chi connectivity index (χ4v) is 2.43. The van der Waals surface area contributed by atoms with Crippen LogP contribution in [0.4, 0.5) is 0 Å². The molecule has 0 aliphatic heterocycles. The molecule has 0 aromatic heterocycles. The topological polar surface area (TPSA) is 118 Å². The minimum absolute atomic E-state index is 0.157. The van der Waals surface area contributed by atoms with Crippen molar-refractivity contribution in [3.05, 3.63) is 64.2 Å². The number of carbonyl (C=O) groups is 2. The van der Waals surface area contributed by atoms with Crippen molar-refractivity contribution < 1.29 is 24.7 Å². The smallest absolute Gasteiger partial charge is 0.388 e. The molecule has 1 aliphatic rings. The number of carboxylic acid groups (broad SMARTS) is 2. The molecular formula is C14H11NO6. The van der Waals surface area contributed by atoms with E-state index < -0.39 is 28.3 Å². The van der Waals surface area contributed by atoms with E-state index in [-0.39, 0.29) is 5.57 Å². The summed E-state index contributed by atoms with van der Waals surface area (Å²) in [5.41, 5.74) is -2.61. The highest BCUT2D eigenvalue weighted by molar-refractivity contribution is 6.01. The van der Waals surface area contributed by atoms with Crippen LogP contribution in [0.5, 0.6) is 0 Å². The van der Waals surface area contributed by atoms with Crippen molar-refractivity contribution in [2.24, 2.45) is 5.92 Å². The summed E-state index contributed by atoms with van der Waals surface area (Å²) < 4.78 is 0. The number of rotatable bonds is 4. The Kier molecular flexibility index (Phi) is 3.58. The highest BCUT2D eigenvalue weighted by Gasteiger charge is 2.64. The molecule has 0 heterocycles.